The van der Waals surface area contributed by atoms with Gasteiger partial charge in [-0.15, -0.1) is 0 Å². The molecule has 0 bridgehead atoms. The van der Waals surface area contributed by atoms with E-state index in [1.807, 2.05) is 91.9 Å². The Balaban J connectivity index is 1.47. The summed E-state index contributed by atoms with van der Waals surface area (Å²) in [6.07, 6.45) is 0. The van der Waals surface area contributed by atoms with E-state index >= 15 is 0 Å². The number of amides is 1. The van der Waals surface area contributed by atoms with Gasteiger partial charge in [-0.25, -0.2) is 5.43 Å². The van der Waals surface area contributed by atoms with Gasteiger partial charge in [0.25, 0.3) is 5.91 Å². The Morgan fingerprint density at radius 1 is 0.893 bits per heavy atom. The predicted octanol–water partition coefficient (Wildman–Crippen LogP) is 4.22. The van der Waals surface area contributed by atoms with E-state index in [0.717, 1.165) is 28.3 Å². The lowest BCUT2D eigenvalue weighted by Gasteiger charge is -2.08. The maximum atomic E-state index is 11.9. The average Bonchev–Trinajstić information content (AvgIpc) is 2.76. The Kier molecular flexibility index (Phi) is 6.79. The van der Waals surface area contributed by atoms with Gasteiger partial charge in [-0.05, 0) is 54.4 Å². The first-order valence-corrected chi connectivity index (χ1v) is 9.10. The van der Waals surface area contributed by atoms with Crippen LogP contribution >= 0.6 is 0 Å². The molecule has 0 aromatic heterocycles. The number of hydrogen-bond donors (Lipinski definition) is 2. The summed E-state index contributed by atoms with van der Waals surface area (Å²) in [5.74, 6) is 0.586. The van der Waals surface area contributed by atoms with Gasteiger partial charge in [0, 0.05) is 5.69 Å². The molecule has 0 spiro atoms. The van der Waals surface area contributed by atoms with Crippen LogP contribution in [0.5, 0.6) is 5.75 Å². The molecule has 0 atom stereocenters. The van der Waals surface area contributed by atoms with Crippen LogP contribution < -0.4 is 15.5 Å². The highest BCUT2D eigenvalue weighted by molar-refractivity contribution is 5.99. The number of hydrazone groups is 1. The molecule has 0 aliphatic rings. The molecule has 0 aliphatic carbocycles. The molecule has 28 heavy (non-hydrogen) atoms. The number of rotatable bonds is 8. The molecule has 5 heteroatoms. The van der Waals surface area contributed by atoms with Gasteiger partial charge in [0.2, 0.25) is 0 Å². The van der Waals surface area contributed by atoms with Crippen LogP contribution in [0.4, 0.5) is 5.69 Å². The van der Waals surface area contributed by atoms with Crippen molar-refractivity contribution in [2.24, 2.45) is 5.10 Å². The third-order valence-corrected chi connectivity index (χ3v) is 4.10. The number of anilines is 1. The van der Waals surface area contributed by atoms with Crippen LogP contribution in [0.2, 0.25) is 0 Å². The number of nitrogens with zero attached hydrogens (tertiary/aromatic N) is 1. The lowest BCUT2D eigenvalue weighted by molar-refractivity contribution is -0.119. The summed E-state index contributed by atoms with van der Waals surface area (Å²) in [5.41, 5.74) is 6.23. The SMILES string of the molecule is C/C(=N\NC(=O)CNc1ccccc1)c1ccc(OCc2ccccc2)cc1. The first kappa shape index (κ1) is 19.2. The molecule has 0 saturated carbocycles. The molecular formula is C23H23N3O2. The second-order valence-corrected chi connectivity index (χ2v) is 6.25. The predicted molar refractivity (Wildman–Crippen MR) is 113 cm³/mol. The zero-order valence-electron chi connectivity index (χ0n) is 15.8. The summed E-state index contributed by atoms with van der Waals surface area (Å²) < 4.78 is 5.78. The molecule has 3 aromatic carbocycles. The monoisotopic (exact) mass is 373 g/mol. The zero-order valence-corrected chi connectivity index (χ0v) is 15.8. The van der Waals surface area contributed by atoms with Gasteiger partial charge >= 0.3 is 0 Å². The van der Waals surface area contributed by atoms with Gasteiger partial charge in [-0.3, -0.25) is 4.79 Å². The number of hydrogen-bond acceptors (Lipinski definition) is 4. The molecule has 2 N–H and O–H groups in total. The second kappa shape index (κ2) is 9.92. The van der Waals surface area contributed by atoms with E-state index in [1.54, 1.807) is 0 Å². The summed E-state index contributed by atoms with van der Waals surface area (Å²) in [4.78, 5) is 11.9. The zero-order chi connectivity index (χ0) is 19.6. The Bertz CT molecular complexity index is 908. The number of para-hydroxylation sites is 1. The summed E-state index contributed by atoms with van der Waals surface area (Å²) in [7, 11) is 0. The van der Waals surface area contributed by atoms with Crippen molar-refractivity contribution in [3.8, 4) is 5.75 Å². The lowest BCUT2D eigenvalue weighted by atomic mass is 10.1. The fourth-order valence-electron chi connectivity index (χ4n) is 2.52. The van der Waals surface area contributed by atoms with Gasteiger partial charge < -0.3 is 10.1 Å². The van der Waals surface area contributed by atoms with Crippen LogP contribution in [-0.4, -0.2) is 18.2 Å². The summed E-state index contributed by atoms with van der Waals surface area (Å²) in [6.45, 7) is 2.54. The second-order valence-electron chi connectivity index (χ2n) is 6.25. The standard InChI is InChI=1S/C23H23N3O2/c1-18(25-26-23(27)16-24-21-10-6-3-7-11-21)20-12-14-22(15-13-20)28-17-19-8-4-2-5-9-19/h2-15,24H,16-17H2,1H3,(H,26,27)/b25-18+. The molecule has 0 saturated heterocycles. The first-order chi connectivity index (χ1) is 13.7. The van der Waals surface area contributed by atoms with Crippen molar-refractivity contribution in [1.29, 1.82) is 0 Å². The minimum Gasteiger partial charge on any atom is -0.489 e. The van der Waals surface area contributed by atoms with Crippen molar-refractivity contribution in [2.45, 2.75) is 13.5 Å². The quantitative estimate of drug-likeness (QED) is 0.459. The molecule has 142 valence electrons. The van der Waals surface area contributed by atoms with Crippen LogP contribution in [0, 0.1) is 0 Å². The molecular weight excluding hydrogens is 350 g/mol. The third-order valence-electron chi connectivity index (χ3n) is 4.10. The van der Waals surface area contributed by atoms with E-state index < -0.39 is 0 Å². The van der Waals surface area contributed by atoms with Crippen LogP contribution in [0.25, 0.3) is 0 Å². The molecule has 0 heterocycles. The number of nitrogens with one attached hydrogen (secondary N) is 2. The van der Waals surface area contributed by atoms with Crippen LogP contribution in [-0.2, 0) is 11.4 Å². The third kappa shape index (κ3) is 5.99. The van der Waals surface area contributed by atoms with Crippen molar-refractivity contribution < 1.29 is 9.53 Å². The highest BCUT2D eigenvalue weighted by Gasteiger charge is 2.03. The van der Waals surface area contributed by atoms with E-state index in [9.17, 15) is 4.79 Å². The van der Waals surface area contributed by atoms with Crippen molar-refractivity contribution in [3.05, 3.63) is 96.1 Å². The first-order valence-electron chi connectivity index (χ1n) is 9.10. The van der Waals surface area contributed by atoms with Crippen molar-refractivity contribution >= 4 is 17.3 Å². The van der Waals surface area contributed by atoms with Gasteiger partial charge in [0.15, 0.2) is 0 Å². The largest absolute Gasteiger partial charge is 0.489 e. The Morgan fingerprint density at radius 3 is 2.21 bits per heavy atom. The molecule has 0 aliphatic heterocycles. The van der Waals surface area contributed by atoms with Crippen LogP contribution in [0.1, 0.15) is 18.1 Å². The average molecular weight is 373 g/mol. The van der Waals surface area contributed by atoms with Crippen LogP contribution in [0.15, 0.2) is 90.0 Å². The van der Waals surface area contributed by atoms with E-state index in [-0.39, 0.29) is 12.5 Å². The highest BCUT2D eigenvalue weighted by Crippen LogP contribution is 2.14. The molecule has 1 amide bonds. The van der Waals surface area contributed by atoms with Gasteiger partial charge in [-0.1, -0.05) is 48.5 Å². The summed E-state index contributed by atoms with van der Waals surface area (Å²) in [6, 6.07) is 27.2. The molecule has 5 nitrogen and oxygen atoms in total. The highest BCUT2D eigenvalue weighted by atomic mass is 16.5. The lowest BCUT2D eigenvalue weighted by Crippen LogP contribution is -2.26. The molecule has 3 aromatic rings. The number of carbonyl (C=O) groups is 1. The Hall–Kier alpha value is -3.60. The fraction of sp³-hybridized carbons (Fsp3) is 0.130. The smallest absolute Gasteiger partial charge is 0.259 e. The Labute approximate surface area is 165 Å². The van der Waals surface area contributed by atoms with E-state index in [4.69, 9.17) is 4.74 Å². The van der Waals surface area contributed by atoms with Gasteiger partial charge in [0.05, 0.1) is 12.3 Å². The van der Waals surface area contributed by atoms with E-state index in [0.29, 0.717) is 6.61 Å². The van der Waals surface area contributed by atoms with Crippen molar-refractivity contribution in [1.82, 2.24) is 5.43 Å². The maximum Gasteiger partial charge on any atom is 0.259 e. The van der Waals surface area contributed by atoms with Crippen molar-refractivity contribution in [2.75, 3.05) is 11.9 Å². The molecule has 0 fully saturated rings. The maximum absolute atomic E-state index is 11.9. The van der Waals surface area contributed by atoms with E-state index in [1.165, 1.54) is 0 Å². The van der Waals surface area contributed by atoms with E-state index in [2.05, 4.69) is 15.8 Å². The summed E-state index contributed by atoms with van der Waals surface area (Å²) in [5, 5.41) is 7.21. The Morgan fingerprint density at radius 2 is 1.54 bits per heavy atom. The normalized spacial score (nSPS) is 11.0. The van der Waals surface area contributed by atoms with Gasteiger partial charge in [0.1, 0.15) is 12.4 Å². The minimum atomic E-state index is -0.203. The van der Waals surface area contributed by atoms with Gasteiger partial charge in [-0.2, -0.15) is 5.10 Å². The summed E-state index contributed by atoms with van der Waals surface area (Å²) >= 11 is 0. The number of carbonyl (C=O) groups excluding carboxylic acids is 1. The molecule has 3 rings (SSSR count). The topological polar surface area (TPSA) is 62.7 Å². The molecule has 0 radical (unpaired) electrons. The molecule has 0 unspecified atom stereocenters. The van der Waals surface area contributed by atoms with Crippen LogP contribution in [0.3, 0.4) is 0 Å². The number of benzene rings is 3. The van der Waals surface area contributed by atoms with Crippen molar-refractivity contribution in [3.63, 3.8) is 0 Å². The fourth-order valence-corrected chi connectivity index (χ4v) is 2.52. The number of ether oxygens (including phenoxy) is 1. The minimum absolute atomic E-state index is 0.160.